The van der Waals surface area contributed by atoms with Gasteiger partial charge >= 0.3 is 0 Å². The van der Waals surface area contributed by atoms with Gasteiger partial charge < -0.3 is 4.90 Å². The largest absolute Gasteiger partial charge is 0.371 e. The fraction of sp³-hybridized carbons (Fsp3) is 0.462. The van der Waals surface area contributed by atoms with Gasteiger partial charge in [0.1, 0.15) is 0 Å². The second kappa shape index (κ2) is 5.27. The number of thioether (sulfide) groups is 1. The van der Waals surface area contributed by atoms with Crippen LogP contribution in [0.2, 0.25) is 0 Å². The Bertz CT molecular complexity index is 380. The maximum absolute atomic E-state index is 8.75. The molecular weight excluding hydrogens is 216 g/mol. The van der Waals surface area contributed by atoms with Crippen LogP contribution in [0.4, 0.5) is 5.69 Å². The molecule has 1 aliphatic heterocycles. The van der Waals surface area contributed by atoms with Crippen LogP contribution in [-0.4, -0.2) is 24.1 Å². The molecule has 3 heteroatoms. The zero-order chi connectivity index (χ0) is 11.4. The van der Waals surface area contributed by atoms with Crippen LogP contribution >= 0.6 is 11.8 Å². The summed E-state index contributed by atoms with van der Waals surface area (Å²) >= 11 is 2.05. The molecule has 1 heterocycles. The van der Waals surface area contributed by atoms with Gasteiger partial charge in [-0.25, -0.2) is 0 Å². The van der Waals surface area contributed by atoms with Gasteiger partial charge in [-0.05, 0) is 30.7 Å². The van der Waals surface area contributed by atoms with Crippen LogP contribution in [0.5, 0.6) is 0 Å². The van der Waals surface area contributed by atoms with Crippen molar-refractivity contribution in [2.45, 2.75) is 18.6 Å². The van der Waals surface area contributed by atoms with E-state index in [-0.39, 0.29) is 0 Å². The van der Waals surface area contributed by atoms with E-state index in [0.29, 0.717) is 0 Å². The number of hydrogen-bond donors (Lipinski definition) is 0. The summed E-state index contributed by atoms with van der Waals surface area (Å²) in [5, 5.41) is 9.52. The van der Waals surface area contributed by atoms with Crippen LogP contribution in [0.3, 0.4) is 0 Å². The summed E-state index contributed by atoms with van der Waals surface area (Å²) in [5.41, 5.74) is 1.98. The molecule has 1 atom stereocenters. The third-order valence-electron chi connectivity index (χ3n) is 2.93. The molecule has 2 rings (SSSR count). The first-order valence-electron chi connectivity index (χ1n) is 5.66. The van der Waals surface area contributed by atoms with Crippen molar-refractivity contribution in [2.75, 3.05) is 23.7 Å². The quantitative estimate of drug-likeness (QED) is 0.745. The van der Waals surface area contributed by atoms with Gasteiger partial charge in [0.15, 0.2) is 0 Å². The van der Waals surface area contributed by atoms with Gasteiger partial charge in [0.25, 0.3) is 0 Å². The van der Waals surface area contributed by atoms with E-state index in [2.05, 4.69) is 41.8 Å². The lowest BCUT2D eigenvalue weighted by Crippen LogP contribution is -2.25. The highest BCUT2D eigenvalue weighted by molar-refractivity contribution is 7.99. The number of hydrogen-bond acceptors (Lipinski definition) is 3. The molecule has 0 bridgehead atoms. The van der Waals surface area contributed by atoms with Crippen molar-refractivity contribution >= 4 is 17.4 Å². The Morgan fingerprint density at radius 1 is 1.31 bits per heavy atom. The first-order valence-corrected chi connectivity index (χ1v) is 6.71. The number of rotatable bonds is 1. The van der Waals surface area contributed by atoms with Gasteiger partial charge in [0.05, 0.1) is 11.6 Å². The summed E-state index contributed by atoms with van der Waals surface area (Å²) in [4.78, 5) is 2.41. The van der Waals surface area contributed by atoms with E-state index in [1.807, 2.05) is 12.1 Å². The maximum atomic E-state index is 8.75. The minimum absolute atomic E-state index is 0.737. The molecule has 0 saturated carbocycles. The van der Waals surface area contributed by atoms with Gasteiger partial charge in [0, 0.05) is 29.8 Å². The Kier molecular flexibility index (Phi) is 3.74. The second-order valence-electron chi connectivity index (χ2n) is 4.12. The first-order chi connectivity index (χ1) is 7.79. The molecule has 16 heavy (non-hydrogen) atoms. The van der Waals surface area contributed by atoms with Gasteiger partial charge in [0.2, 0.25) is 0 Å². The smallest absolute Gasteiger partial charge is 0.0991 e. The highest BCUT2D eigenvalue weighted by Gasteiger charge is 2.14. The molecule has 1 aromatic carbocycles. The Labute approximate surface area is 101 Å². The summed E-state index contributed by atoms with van der Waals surface area (Å²) in [6, 6.07) is 10.1. The fourth-order valence-electron chi connectivity index (χ4n) is 1.90. The Hall–Kier alpha value is -1.14. The Morgan fingerprint density at radius 3 is 2.75 bits per heavy atom. The lowest BCUT2D eigenvalue weighted by molar-refractivity contribution is 0.764. The molecule has 84 valence electrons. The van der Waals surface area contributed by atoms with E-state index in [0.717, 1.165) is 23.9 Å². The predicted octanol–water partition coefficient (Wildman–Crippen LogP) is 2.89. The summed E-state index contributed by atoms with van der Waals surface area (Å²) in [6.45, 7) is 4.54. The predicted molar refractivity (Wildman–Crippen MR) is 69.9 cm³/mol. The average molecular weight is 232 g/mol. The lowest BCUT2D eigenvalue weighted by atomic mass is 10.2. The van der Waals surface area contributed by atoms with Crippen molar-refractivity contribution in [3.05, 3.63) is 29.8 Å². The van der Waals surface area contributed by atoms with Gasteiger partial charge in [-0.1, -0.05) is 6.92 Å². The highest BCUT2D eigenvalue weighted by atomic mass is 32.2. The average Bonchev–Trinajstić information content (AvgIpc) is 2.54. The summed E-state index contributed by atoms with van der Waals surface area (Å²) < 4.78 is 0. The van der Waals surface area contributed by atoms with Crippen molar-refractivity contribution in [1.82, 2.24) is 0 Å². The minimum atomic E-state index is 0.737. The molecule has 2 nitrogen and oxygen atoms in total. The van der Waals surface area contributed by atoms with E-state index in [1.54, 1.807) is 0 Å². The van der Waals surface area contributed by atoms with Crippen LogP contribution in [0.25, 0.3) is 0 Å². The standard InChI is InChI=1S/C13H16N2S/c1-11-6-7-15(8-9-16-11)13-4-2-12(10-14)3-5-13/h2-5,11H,6-9H2,1H3/t11-/m0/s1. The van der Waals surface area contributed by atoms with Crippen LogP contribution in [0.1, 0.15) is 18.9 Å². The van der Waals surface area contributed by atoms with Crippen LogP contribution in [-0.2, 0) is 0 Å². The summed E-state index contributed by atoms with van der Waals surface area (Å²) in [7, 11) is 0. The molecule has 0 radical (unpaired) electrons. The number of anilines is 1. The van der Waals surface area contributed by atoms with Crippen molar-refractivity contribution in [3.63, 3.8) is 0 Å². The highest BCUT2D eigenvalue weighted by Crippen LogP contribution is 2.23. The monoisotopic (exact) mass is 232 g/mol. The van der Waals surface area contributed by atoms with E-state index >= 15 is 0 Å². The third kappa shape index (κ3) is 2.70. The van der Waals surface area contributed by atoms with Crippen molar-refractivity contribution in [1.29, 1.82) is 5.26 Å². The van der Waals surface area contributed by atoms with Gasteiger partial charge in [-0.3, -0.25) is 0 Å². The molecule has 0 amide bonds. The Morgan fingerprint density at radius 2 is 2.06 bits per heavy atom. The summed E-state index contributed by atoms with van der Waals surface area (Å²) in [5.74, 6) is 1.20. The van der Waals surface area contributed by atoms with Gasteiger partial charge in [-0.2, -0.15) is 17.0 Å². The molecule has 0 unspecified atom stereocenters. The zero-order valence-corrected chi connectivity index (χ0v) is 10.3. The molecule has 1 aliphatic rings. The number of nitriles is 1. The molecule has 1 aromatic rings. The number of benzene rings is 1. The molecule has 0 N–H and O–H groups in total. The molecular formula is C13H16N2S. The van der Waals surface area contributed by atoms with Crippen LogP contribution in [0.15, 0.2) is 24.3 Å². The van der Waals surface area contributed by atoms with E-state index in [9.17, 15) is 0 Å². The fourth-order valence-corrected chi connectivity index (χ4v) is 2.90. The SMILES string of the molecule is C[C@H]1CCN(c2ccc(C#N)cc2)CCS1. The number of nitrogens with zero attached hydrogens (tertiary/aromatic N) is 2. The van der Waals surface area contributed by atoms with E-state index in [4.69, 9.17) is 5.26 Å². The molecule has 1 fully saturated rings. The van der Waals surface area contributed by atoms with Crippen molar-refractivity contribution < 1.29 is 0 Å². The maximum Gasteiger partial charge on any atom is 0.0991 e. The van der Waals surface area contributed by atoms with Gasteiger partial charge in [-0.15, -0.1) is 0 Å². The third-order valence-corrected chi connectivity index (χ3v) is 4.15. The lowest BCUT2D eigenvalue weighted by Gasteiger charge is -2.22. The zero-order valence-electron chi connectivity index (χ0n) is 9.52. The van der Waals surface area contributed by atoms with E-state index in [1.165, 1.54) is 17.9 Å². The van der Waals surface area contributed by atoms with Crippen molar-refractivity contribution in [2.24, 2.45) is 0 Å². The second-order valence-corrected chi connectivity index (χ2v) is 5.66. The van der Waals surface area contributed by atoms with Crippen molar-refractivity contribution in [3.8, 4) is 6.07 Å². The topological polar surface area (TPSA) is 27.0 Å². The Balaban J connectivity index is 2.08. The summed E-state index contributed by atoms with van der Waals surface area (Å²) in [6.07, 6.45) is 1.24. The normalized spacial score (nSPS) is 21.2. The molecule has 1 saturated heterocycles. The molecule has 0 spiro atoms. The van der Waals surface area contributed by atoms with Crippen LogP contribution < -0.4 is 4.90 Å². The molecule has 0 aromatic heterocycles. The minimum Gasteiger partial charge on any atom is -0.371 e. The van der Waals surface area contributed by atoms with E-state index < -0.39 is 0 Å². The van der Waals surface area contributed by atoms with Crippen LogP contribution in [0, 0.1) is 11.3 Å². The first kappa shape index (κ1) is 11.3. The molecule has 0 aliphatic carbocycles.